The number of hydrogen-bond acceptors (Lipinski definition) is 4. The van der Waals surface area contributed by atoms with E-state index < -0.39 is 11.5 Å². The first-order valence-electron chi connectivity index (χ1n) is 9.60. The summed E-state index contributed by atoms with van der Waals surface area (Å²) < 4.78 is 5.08. The second-order valence-electron chi connectivity index (χ2n) is 8.82. The summed E-state index contributed by atoms with van der Waals surface area (Å²) in [5.74, 6) is -0.511. The molecule has 142 valence electrons. The highest BCUT2D eigenvalue weighted by Crippen LogP contribution is 2.63. The molecule has 26 heavy (non-hydrogen) atoms. The smallest absolute Gasteiger partial charge is 0.227 e. The van der Waals surface area contributed by atoms with Crippen molar-refractivity contribution in [1.29, 1.82) is 0 Å². The fourth-order valence-corrected chi connectivity index (χ4v) is 5.62. The molecule has 0 bridgehead atoms. The van der Waals surface area contributed by atoms with Crippen molar-refractivity contribution in [3.8, 4) is 0 Å². The van der Waals surface area contributed by atoms with Crippen molar-refractivity contribution < 1.29 is 19.4 Å². The highest BCUT2D eigenvalue weighted by atomic mass is 16.5. The molecule has 0 aromatic carbocycles. The number of aliphatic hydroxyl groups excluding tert-OH is 1. The van der Waals surface area contributed by atoms with Gasteiger partial charge in [-0.25, -0.2) is 0 Å². The zero-order valence-corrected chi connectivity index (χ0v) is 16.4. The van der Waals surface area contributed by atoms with Crippen LogP contribution in [0.3, 0.4) is 0 Å². The minimum absolute atomic E-state index is 0.0191. The van der Waals surface area contributed by atoms with Crippen LogP contribution in [-0.4, -0.2) is 23.8 Å². The Morgan fingerprint density at radius 2 is 2.00 bits per heavy atom. The van der Waals surface area contributed by atoms with E-state index in [1.807, 2.05) is 0 Å². The first kappa shape index (κ1) is 18.9. The van der Waals surface area contributed by atoms with Crippen molar-refractivity contribution >= 4 is 11.6 Å². The quantitative estimate of drug-likeness (QED) is 0.588. The predicted molar refractivity (Wildman–Crippen MR) is 100 cm³/mol. The van der Waals surface area contributed by atoms with Crippen molar-refractivity contribution in [3.63, 3.8) is 0 Å². The van der Waals surface area contributed by atoms with Crippen LogP contribution in [0.4, 0.5) is 0 Å². The van der Waals surface area contributed by atoms with Gasteiger partial charge in [-0.15, -0.1) is 0 Å². The van der Waals surface area contributed by atoms with E-state index in [4.69, 9.17) is 4.74 Å². The van der Waals surface area contributed by atoms with Gasteiger partial charge in [0.05, 0.1) is 7.11 Å². The molecule has 0 aromatic heterocycles. The lowest BCUT2D eigenvalue weighted by Gasteiger charge is -2.59. The third-order valence-electron chi connectivity index (χ3n) is 7.62. The number of allylic oxidation sites excluding steroid dienone is 3. The number of rotatable bonds is 3. The van der Waals surface area contributed by atoms with E-state index in [0.29, 0.717) is 18.3 Å². The fraction of sp³-hybridized carbons (Fsp3) is 0.636. The van der Waals surface area contributed by atoms with Crippen LogP contribution >= 0.6 is 0 Å². The second-order valence-corrected chi connectivity index (χ2v) is 8.82. The molecule has 4 atom stereocenters. The maximum Gasteiger partial charge on any atom is 0.227 e. The number of carbonyl (C=O) groups excluding carboxylic acids is 2. The van der Waals surface area contributed by atoms with Gasteiger partial charge in [-0.2, -0.15) is 0 Å². The number of ketones is 2. The minimum Gasteiger partial charge on any atom is -0.504 e. The van der Waals surface area contributed by atoms with E-state index in [9.17, 15) is 14.7 Å². The molecule has 4 nitrogen and oxygen atoms in total. The second kappa shape index (κ2) is 6.40. The Bertz CT molecular complexity index is 728. The van der Waals surface area contributed by atoms with E-state index in [0.717, 1.165) is 38.2 Å². The monoisotopic (exact) mass is 358 g/mol. The van der Waals surface area contributed by atoms with E-state index in [1.165, 1.54) is 12.7 Å². The molecular weight excluding hydrogens is 328 g/mol. The molecule has 3 aliphatic rings. The molecule has 0 aliphatic heterocycles. The van der Waals surface area contributed by atoms with E-state index in [2.05, 4.69) is 27.4 Å². The summed E-state index contributed by atoms with van der Waals surface area (Å²) in [4.78, 5) is 24.9. The molecule has 3 rings (SSSR count). The molecule has 0 radical (unpaired) electrons. The largest absolute Gasteiger partial charge is 0.504 e. The summed E-state index contributed by atoms with van der Waals surface area (Å²) in [5.41, 5.74) is 1.42. The molecule has 2 fully saturated rings. The maximum absolute atomic E-state index is 12.8. The number of carbonyl (C=O) groups is 2. The van der Waals surface area contributed by atoms with Crippen molar-refractivity contribution in [2.75, 3.05) is 7.11 Å². The van der Waals surface area contributed by atoms with Gasteiger partial charge in [0.15, 0.2) is 11.5 Å². The van der Waals surface area contributed by atoms with Gasteiger partial charge in [0.1, 0.15) is 0 Å². The third kappa shape index (κ3) is 2.65. The summed E-state index contributed by atoms with van der Waals surface area (Å²) in [6, 6.07) is 0. The lowest BCUT2D eigenvalue weighted by atomic mass is 9.46. The molecule has 0 aromatic rings. The van der Waals surface area contributed by atoms with Crippen LogP contribution in [0.25, 0.3) is 0 Å². The predicted octanol–water partition coefficient (Wildman–Crippen LogP) is 4.67. The van der Waals surface area contributed by atoms with Crippen LogP contribution in [-0.2, 0) is 14.3 Å². The van der Waals surface area contributed by atoms with Gasteiger partial charge in [0.2, 0.25) is 11.6 Å². The minimum atomic E-state index is -0.542. The molecule has 1 N–H and O–H groups in total. The maximum atomic E-state index is 12.8. The number of fused-ring (bicyclic) bond motifs is 1. The lowest BCUT2D eigenvalue weighted by molar-refractivity contribution is -0.120. The molecule has 0 heterocycles. The molecule has 0 spiro atoms. The number of ether oxygens (including phenoxy) is 1. The average molecular weight is 358 g/mol. The molecular formula is C22H30O4. The van der Waals surface area contributed by atoms with E-state index in [1.54, 1.807) is 0 Å². The van der Waals surface area contributed by atoms with Crippen molar-refractivity contribution in [1.82, 2.24) is 0 Å². The van der Waals surface area contributed by atoms with Gasteiger partial charge in [0, 0.05) is 11.6 Å². The Morgan fingerprint density at radius 1 is 1.31 bits per heavy atom. The number of aliphatic hydroxyl groups is 1. The molecule has 0 saturated heterocycles. The fourth-order valence-electron chi connectivity index (χ4n) is 5.62. The Kier molecular flexibility index (Phi) is 4.66. The zero-order chi connectivity index (χ0) is 19.3. The first-order valence-corrected chi connectivity index (χ1v) is 9.60. The van der Waals surface area contributed by atoms with Gasteiger partial charge in [-0.05, 0) is 61.2 Å². The summed E-state index contributed by atoms with van der Waals surface area (Å²) in [6.45, 7) is 11.1. The molecule has 0 amide bonds. The normalized spacial score (nSPS) is 38.2. The standard InChI is InChI=1S/C22H30O4/c1-13-7-6-8-18-21(13,3)10-9-14(2)22(18,4)12-15-19(24)16(23)11-17(26-5)20(15)25/h11,14,18,24H,1,6-10,12H2,2-5H3/t14-,18?,21+,22+/m0/s1. The Hall–Kier alpha value is -1.84. The Morgan fingerprint density at radius 3 is 2.65 bits per heavy atom. The Balaban J connectivity index is 2.01. The van der Waals surface area contributed by atoms with Gasteiger partial charge in [-0.3, -0.25) is 9.59 Å². The lowest BCUT2D eigenvalue weighted by Crippen LogP contribution is -2.50. The highest BCUT2D eigenvalue weighted by Gasteiger charge is 2.54. The Labute approximate surface area is 156 Å². The number of methoxy groups -OCH3 is 1. The topological polar surface area (TPSA) is 63.6 Å². The third-order valence-corrected chi connectivity index (χ3v) is 7.62. The average Bonchev–Trinajstić information content (AvgIpc) is 2.61. The first-order chi connectivity index (χ1) is 12.1. The van der Waals surface area contributed by atoms with E-state index in [-0.39, 0.29) is 27.9 Å². The van der Waals surface area contributed by atoms with Gasteiger partial charge in [0.25, 0.3) is 0 Å². The number of Topliss-reactive ketones (excluding diaryl/α,β-unsaturated/α-hetero) is 1. The van der Waals surface area contributed by atoms with Gasteiger partial charge >= 0.3 is 0 Å². The summed E-state index contributed by atoms with van der Waals surface area (Å²) in [5, 5.41) is 10.4. The van der Waals surface area contributed by atoms with Gasteiger partial charge in [-0.1, -0.05) is 32.9 Å². The van der Waals surface area contributed by atoms with Crippen LogP contribution < -0.4 is 0 Å². The molecule has 3 aliphatic carbocycles. The number of hydrogen-bond donors (Lipinski definition) is 1. The van der Waals surface area contributed by atoms with Crippen LogP contribution in [0.15, 0.2) is 35.3 Å². The summed E-state index contributed by atoms with van der Waals surface area (Å²) in [7, 11) is 1.38. The SMILES string of the molecule is C=C1CCCC2[C@](C)(CC3=C(O)C(=O)C=C(OC)C3=O)[C@@H](C)CC[C@]12C. The van der Waals surface area contributed by atoms with Crippen LogP contribution in [0.2, 0.25) is 0 Å². The van der Waals surface area contributed by atoms with Crippen molar-refractivity contribution in [2.45, 2.75) is 59.3 Å². The zero-order valence-electron chi connectivity index (χ0n) is 16.4. The van der Waals surface area contributed by atoms with Crippen LogP contribution in [0.5, 0.6) is 0 Å². The summed E-state index contributed by atoms with van der Waals surface area (Å²) >= 11 is 0. The molecule has 4 heteroatoms. The van der Waals surface area contributed by atoms with Crippen LogP contribution in [0.1, 0.15) is 59.3 Å². The molecule has 1 unspecified atom stereocenters. The van der Waals surface area contributed by atoms with Gasteiger partial charge < -0.3 is 9.84 Å². The van der Waals surface area contributed by atoms with Crippen molar-refractivity contribution in [2.24, 2.45) is 22.7 Å². The highest BCUT2D eigenvalue weighted by molar-refractivity contribution is 6.20. The van der Waals surface area contributed by atoms with E-state index >= 15 is 0 Å². The molecule has 2 saturated carbocycles. The summed E-state index contributed by atoms with van der Waals surface area (Å²) in [6.07, 6.45) is 6.95. The van der Waals surface area contributed by atoms with Crippen LogP contribution in [0, 0.1) is 22.7 Å². The van der Waals surface area contributed by atoms with Crippen molar-refractivity contribution in [3.05, 3.63) is 35.3 Å².